The fourth-order valence-corrected chi connectivity index (χ4v) is 4.59. The molecule has 1 aliphatic rings. The fourth-order valence-electron chi connectivity index (χ4n) is 4.19. The molecular formula is C27H24Cl2N4O5. The van der Waals surface area contributed by atoms with Gasteiger partial charge in [0.25, 0.3) is 0 Å². The van der Waals surface area contributed by atoms with Crippen molar-refractivity contribution in [2.24, 2.45) is 0 Å². The lowest BCUT2D eigenvalue weighted by Crippen LogP contribution is -2.27. The molecule has 0 aliphatic carbocycles. The number of halogens is 2. The molecule has 11 heteroatoms. The Balaban J connectivity index is 1.53. The van der Waals surface area contributed by atoms with E-state index in [9.17, 15) is 14.7 Å². The van der Waals surface area contributed by atoms with Crippen molar-refractivity contribution in [3.05, 3.63) is 69.7 Å². The average Bonchev–Trinajstić information content (AvgIpc) is 3.43. The zero-order valence-corrected chi connectivity index (χ0v) is 22.4. The number of aliphatic hydroxyl groups excluding tert-OH is 1. The van der Waals surface area contributed by atoms with Gasteiger partial charge >= 0.3 is 6.09 Å². The van der Waals surface area contributed by atoms with Crippen LogP contribution in [0.25, 0.3) is 28.2 Å². The van der Waals surface area contributed by atoms with E-state index < -0.39 is 11.7 Å². The Morgan fingerprint density at radius 3 is 2.71 bits per heavy atom. The Labute approximate surface area is 228 Å². The molecule has 0 radical (unpaired) electrons. The summed E-state index contributed by atoms with van der Waals surface area (Å²) in [6.07, 6.45) is 5.81. The normalized spacial score (nSPS) is 13.2. The summed E-state index contributed by atoms with van der Waals surface area (Å²) >= 11 is 12.5. The number of ether oxygens (including phenoxy) is 2. The van der Waals surface area contributed by atoms with Gasteiger partial charge in [-0.2, -0.15) is 4.68 Å². The highest BCUT2D eigenvalue weighted by Crippen LogP contribution is 2.33. The van der Waals surface area contributed by atoms with Crippen molar-refractivity contribution in [2.45, 2.75) is 32.9 Å². The van der Waals surface area contributed by atoms with Crippen LogP contribution in [0.15, 0.2) is 48.4 Å². The quantitative estimate of drug-likeness (QED) is 0.318. The van der Waals surface area contributed by atoms with E-state index in [2.05, 4.69) is 10.1 Å². The van der Waals surface area contributed by atoms with E-state index in [0.29, 0.717) is 44.1 Å². The highest BCUT2D eigenvalue weighted by Gasteiger charge is 2.25. The molecule has 0 fully saturated rings. The number of benzene rings is 1. The summed E-state index contributed by atoms with van der Waals surface area (Å²) in [5.41, 5.74) is 2.43. The Hall–Kier alpha value is -3.66. The Bertz CT molecular complexity index is 1610. The van der Waals surface area contributed by atoms with E-state index in [4.69, 9.17) is 32.7 Å². The van der Waals surface area contributed by atoms with Gasteiger partial charge < -0.3 is 19.1 Å². The molecule has 38 heavy (non-hydrogen) atoms. The summed E-state index contributed by atoms with van der Waals surface area (Å²) in [5.74, 6) is 0.436. The van der Waals surface area contributed by atoms with Crippen molar-refractivity contribution in [3.63, 3.8) is 0 Å². The lowest BCUT2D eigenvalue weighted by molar-refractivity contribution is 0.0514. The number of fused-ring (bicyclic) bond motifs is 2. The maximum absolute atomic E-state index is 13.6. The van der Waals surface area contributed by atoms with E-state index in [0.717, 1.165) is 10.2 Å². The lowest BCUT2D eigenvalue weighted by atomic mass is 9.99. The van der Waals surface area contributed by atoms with Gasteiger partial charge in [0.05, 0.1) is 23.4 Å². The van der Waals surface area contributed by atoms with Crippen LogP contribution in [0.2, 0.25) is 10.2 Å². The molecular weight excluding hydrogens is 531 g/mol. The molecule has 0 saturated heterocycles. The zero-order valence-electron chi connectivity index (χ0n) is 20.9. The van der Waals surface area contributed by atoms with Gasteiger partial charge in [0.1, 0.15) is 18.0 Å². The van der Waals surface area contributed by atoms with Gasteiger partial charge in [-0.25, -0.2) is 4.79 Å². The third-order valence-electron chi connectivity index (χ3n) is 5.85. The summed E-state index contributed by atoms with van der Waals surface area (Å²) in [5, 5.41) is 14.9. The van der Waals surface area contributed by atoms with E-state index in [1.165, 1.54) is 6.20 Å². The van der Waals surface area contributed by atoms with Crippen molar-refractivity contribution in [1.82, 2.24) is 19.3 Å². The van der Waals surface area contributed by atoms with Crippen molar-refractivity contribution in [3.8, 4) is 17.0 Å². The van der Waals surface area contributed by atoms with Crippen LogP contribution < -0.4 is 4.74 Å². The second-order valence-corrected chi connectivity index (χ2v) is 10.6. The van der Waals surface area contributed by atoms with Gasteiger partial charge in [-0.05, 0) is 51.1 Å². The Morgan fingerprint density at radius 2 is 1.97 bits per heavy atom. The minimum absolute atomic E-state index is 0.0705. The zero-order chi connectivity index (χ0) is 27.2. The number of nitrogens with zero attached hydrogens (tertiary/aromatic N) is 4. The summed E-state index contributed by atoms with van der Waals surface area (Å²) in [6.45, 7) is 5.50. The molecule has 3 aromatic heterocycles. The topological polar surface area (TPSA) is 108 Å². The van der Waals surface area contributed by atoms with Gasteiger partial charge in [-0.15, -0.1) is 5.10 Å². The fraction of sp³-hybridized carbons (Fsp3) is 0.259. The molecule has 0 unspecified atom stereocenters. The molecule has 196 valence electrons. The molecule has 0 atom stereocenters. The summed E-state index contributed by atoms with van der Waals surface area (Å²) in [6, 6.07) is 6.98. The minimum atomic E-state index is -0.700. The molecule has 1 aromatic carbocycles. The van der Waals surface area contributed by atoms with Crippen LogP contribution in [0, 0.1) is 0 Å². The number of aliphatic hydroxyl groups is 1. The summed E-state index contributed by atoms with van der Waals surface area (Å²) in [4.78, 5) is 30.5. The van der Waals surface area contributed by atoms with Crippen LogP contribution >= 0.6 is 23.2 Å². The van der Waals surface area contributed by atoms with Crippen LogP contribution in [-0.2, 0) is 11.3 Å². The molecule has 0 amide bonds. The van der Waals surface area contributed by atoms with Crippen molar-refractivity contribution >= 4 is 52.1 Å². The number of aromatic nitrogens is 4. The van der Waals surface area contributed by atoms with Gasteiger partial charge in [-0.3, -0.25) is 9.78 Å². The SMILES string of the molecule is CC(C)(C)OC(=O)n1cc(-c2cc3c(cn2)c(C(=O)C2=Cc4cc(Cl)ccc4OC2)cn3CCO)c(Cl)n1. The smallest absolute Gasteiger partial charge is 0.435 e. The van der Waals surface area contributed by atoms with Crippen LogP contribution in [-0.4, -0.2) is 55.1 Å². The number of Topliss-reactive ketones (excluding diaryl/α,β-unsaturated/α-hetero) is 1. The molecule has 4 aromatic rings. The molecule has 1 N–H and O–H groups in total. The van der Waals surface area contributed by atoms with Gasteiger partial charge in [0.15, 0.2) is 10.9 Å². The average molecular weight is 555 g/mol. The third kappa shape index (κ3) is 5.05. The number of pyridine rings is 1. The van der Waals surface area contributed by atoms with Crippen molar-refractivity contribution in [1.29, 1.82) is 0 Å². The number of hydrogen-bond donors (Lipinski definition) is 1. The van der Waals surface area contributed by atoms with Crippen LogP contribution in [0.3, 0.4) is 0 Å². The van der Waals surface area contributed by atoms with Gasteiger partial charge in [0, 0.05) is 52.2 Å². The monoisotopic (exact) mass is 554 g/mol. The molecule has 5 rings (SSSR count). The maximum atomic E-state index is 13.6. The van der Waals surface area contributed by atoms with Gasteiger partial charge in [-0.1, -0.05) is 23.2 Å². The first-order valence-electron chi connectivity index (χ1n) is 11.8. The van der Waals surface area contributed by atoms with Crippen LogP contribution in [0.4, 0.5) is 4.79 Å². The highest BCUT2D eigenvalue weighted by molar-refractivity contribution is 6.32. The predicted molar refractivity (Wildman–Crippen MR) is 144 cm³/mol. The number of ketones is 1. The summed E-state index contributed by atoms with van der Waals surface area (Å²) in [7, 11) is 0. The minimum Gasteiger partial charge on any atom is -0.488 e. The standard InChI is InChI=1S/C27H24Cl2N4O5/c1-27(2,3)38-26(36)33-13-20(25(29)31-33)21-10-22-18(11-30-21)19(12-32(22)6-7-34)24(35)16-8-15-9-17(28)4-5-23(15)37-14-16/h4-5,8-13,34H,6-7,14H2,1-3H3. The number of rotatable bonds is 5. The molecule has 4 heterocycles. The van der Waals surface area contributed by atoms with E-state index in [1.54, 1.807) is 68.1 Å². The largest absolute Gasteiger partial charge is 0.488 e. The lowest BCUT2D eigenvalue weighted by Gasteiger charge is -2.18. The molecule has 0 bridgehead atoms. The first-order chi connectivity index (χ1) is 18.0. The second-order valence-electron chi connectivity index (χ2n) is 9.77. The van der Waals surface area contributed by atoms with Gasteiger partial charge in [0.2, 0.25) is 0 Å². The van der Waals surface area contributed by atoms with E-state index in [1.807, 2.05) is 0 Å². The molecule has 9 nitrogen and oxygen atoms in total. The first kappa shape index (κ1) is 26.0. The second kappa shape index (κ2) is 9.90. The highest BCUT2D eigenvalue weighted by atomic mass is 35.5. The number of hydrogen-bond acceptors (Lipinski definition) is 7. The van der Waals surface area contributed by atoms with Crippen LogP contribution in [0.1, 0.15) is 36.7 Å². The molecule has 0 saturated carbocycles. The predicted octanol–water partition coefficient (Wildman–Crippen LogP) is 5.64. The molecule has 1 aliphatic heterocycles. The number of carbonyl (C=O) groups excluding carboxylic acids is 2. The molecule has 0 spiro atoms. The van der Waals surface area contributed by atoms with Crippen LogP contribution in [0.5, 0.6) is 5.75 Å². The Kier molecular flexibility index (Phi) is 6.77. The van der Waals surface area contributed by atoms with E-state index >= 15 is 0 Å². The Morgan fingerprint density at radius 1 is 1.18 bits per heavy atom. The third-order valence-corrected chi connectivity index (χ3v) is 6.37. The summed E-state index contributed by atoms with van der Waals surface area (Å²) < 4.78 is 13.9. The van der Waals surface area contributed by atoms with E-state index in [-0.39, 0.29) is 30.7 Å². The van der Waals surface area contributed by atoms with Crippen molar-refractivity contribution < 1.29 is 24.2 Å². The number of carbonyl (C=O) groups is 2. The van der Waals surface area contributed by atoms with Crippen molar-refractivity contribution in [2.75, 3.05) is 13.2 Å². The first-order valence-corrected chi connectivity index (χ1v) is 12.6. The maximum Gasteiger partial charge on any atom is 0.435 e.